The number of aldehydes is 1. The van der Waals surface area contributed by atoms with E-state index in [0.717, 1.165) is 41.5 Å². The van der Waals surface area contributed by atoms with Crippen molar-refractivity contribution in [2.45, 2.75) is 33.8 Å². The molecule has 1 aliphatic heterocycles. The lowest BCUT2D eigenvalue weighted by Gasteiger charge is -2.25. The molecule has 0 unspecified atom stereocenters. The van der Waals surface area contributed by atoms with Crippen LogP contribution in [0.25, 0.3) is 17.2 Å². The van der Waals surface area contributed by atoms with Gasteiger partial charge in [-0.2, -0.15) is 0 Å². The number of rotatable bonds is 9. The van der Waals surface area contributed by atoms with Crippen molar-refractivity contribution in [3.63, 3.8) is 0 Å². The zero-order valence-electron chi connectivity index (χ0n) is 22.2. The zero-order valence-corrected chi connectivity index (χ0v) is 23.7. The van der Waals surface area contributed by atoms with Gasteiger partial charge in [0.05, 0.1) is 16.5 Å². The van der Waals surface area contributed by atoms with Crippen molar-refractivity contribution >= 4 is 33.8 Å². The fourth-order valence-electron chi connectivity index (χ4n) is 4.76. The largest absolute Gasteiger partial charge is 0.487 e. The Balaban J connectivity index is 1.46. The lowest BCUT2D eigenvalue weighted by molar-refractivity contribution is 0.112. The van der Waals surface area contributed by atoms with E-state index in [1.807, 2.05) is 13.0 Å². The molecule has 7 heteroatoms. The smallest absolute Gasteiger partial charge is 0.152 e. The highest BCUT2D eigenvalue weighted by Gasteiger charge is 2.20. The second kappa shape index (κ2) is 12.3. The van der Waals surface area contributed by atoms with Gasteiger partial charge in [0.15, 0.2) is 9.84 Å². The average molecular weight is 552 g/mol. The molecule has 0 spiro atoms. The molecular weight excluding hydrogens is 518 g/mol. The van der Waals surface area contributed by atoms with Crippen LogP contribution in [-0.4, -0.2) is 50.7 Å². The molecule has 1 aliphatic rings. The van der Waals surface area contributed by atoms with Crippen LogP contribution in [0.15, 0.2) is 54.6 Å². The Labute approximate surface area is 231 Å². The van der Waals surface area contributed by atoms with Gasteiger partial charge in [-0.25, -0.2) is 8.42 Å². The van der Waals surface area contributed by atoms with Crippen molar-refractivity contribution in [3.8, 4) is 16.9 Å². The van der Waals surface area contributed by atoms with Crippen LogP contribution in [0, 0.1) is 20.8 Å². The number of hydrogen-bond donors (Lipinski definition) is 0. The van der Waals surface area contributed by atoms with E-state index in [1.165, 1.54) is 16.7 Å². The maximum absolute atomic E-state index is 11.6. The van der Waals surface area contributed by atoms with Gasteiger partial charge in [-0.15, -0.1) is 0 Å². The van der Waals surface area contributed by atoms with E-state index in [-0.39, 0.29) is 11.5 Å². The molecule has 3 aromatic carbocycles. The highest BCUT2D eigenvalue weighted by molar-refractivity contribution is 7.91. The number of sulfone groups is 1. The number of halogens is 1. The number of aryl methyl sites for hydroxylation is 1. The quantitative estimate of drug-likeness (QED) is 0.286. The van der Waals surface area contributed by atoms with Gasteiger partial charge in [0.2, 0.25) is 0 Å². The summed E-state index contributed by atoms with van der Waals surface area (Å²) in [5, 5.41) is 0.423. The summed E-state index contributed by atoms with van der Waals surface area (Å²) < 4.78 is 29.3. The Morgan fingerprint density at radius 2 is 1.63 bits per heavy atom. The van der Waals surface area contributed by atoms with Gasteiger partial charge < -0.3 is 9.64 Å². The number of nitrogens with zero attached hydrogens (tertiary/aromatic N) is 1. The molecule has 0 bridgehead atoms. The fraction of sp³-hybridized carbons (Fsp3) is 0.323. The molecular formula is C31H34ClNO4S. The first-order valence-electron chi connectivity index (χ1n) is 12.8. The van der Waals surface area contributed by atoms with E-state index < -0.39 is 9.84 Å². The second-order valence-corrected chi connectivity index (χ2v) is 12.6. The molecule has 4 rings (SSSR count). The van der Waals surface area contributed by atoms with Gasteiger partial charge in [0, 0.05) is 25.2 Å². The number of benzene rings is 3. The van der Waals surface area contributed by atoms with Gasteiger partial charge >= 0.3 is 0 Å². The highest BCUT2D eigenvalue weighted by atomic mass is 35.5. The molecule has 1 saturated heterocycles. The van der Waals surface area contributed by atoms with E-state index in [4.69, 9.17) is 16.3 Å². The number of carbonyl (C=O) groups is 1. The molecule has 0 radical (unpaired) electrons. The molecule has 0 atom stereocenters. The molecule has 0 amide bonds. The molecule has 0 N–H and O–H groups in total. The predicted molar refractivity (Wildman–Crippen MR) is 156 cm³/mol. The Kier molecular flexibility index (Phi) is 9.08. The predicted octanol–water partition coefficient (Wildman–Crippen LogP) is 6.46. The average Bonchev–Trinajstić information content (AvgIpc) is 2.89. The van der Waals surface area contributed by atoms with Crippen molar-refractivity contribution < 1.29 is 17.9 Å². The van der Waals surface area contributed by atoms with E-state index in [0.29, 0.717) is 36.0 Å². The van der Waals surface area contributed by atoms with Crippen molar-refractivity contribution in [2.75, 3.05) is 31.1 Å². The minimum atomic E-state index is -2.84. The van der Waals surface area contributed by atoms with Crippen LogP contribution < -0.4 is 4.74 Å². The Hall–Kier alpha value is -2.93. The minimum Gasteiger partial charge on any atom is -0.487 e. The summed E-state index contributed by atoms with van der Waals surface area (Å²) in [6, 6.07) is 16.0. The maximum Gasteiger partial charge on any atom is 0.152 e. The van der Waals surface area contributed by atoms with E-state index in [2.05, 4.69) is 61.2 Å². The van der Waals surface area contributed by atoms with Crippen molar-refractivity contribution in [3.05, 3.63) is 93.0 Å². The molecule has 0 saturated carbocycles. The molecule has 5 nitrogen and oxygen atoms in total. The summed E-state index contributed by atoms with van der Waals surface area (Å²) in [7, 11) is -2.84. The van der Waals surface area contributed by atoms with E-state index in [9.17, 15) is 13.2 Å². The second-order valence-electron chi connectivity index (χ2n) is 9.84. The highest BCUT2D eigenvalue weighted by Crippen LogP contribution is 2.32. The first-order valence-corrected chi connectivity index (χ1v) is 15.0. The Morgan fingerprint density at radius 3 is 2.34 bits per heavy atom. The Bertz CT molecular complexity index is 1450. The summed E-state index contributed by atoms with van der Waals surface area (Å²) >= 11 is 6.34. The number of carbonyl (C=O) groups excluding carboxylic acids is 1. The summed E-state index contributed by atoms with van der Waals surface area (Å²) in [5.74, 6) is 1.09. The third-order valence-corrected chi connectivity index (χ3v) is 9.19. The van der Waals surface area contributed by atoms with Gasteiger partial charge in [0.1, 0.15) is 18.6 Å². The lowest BCUT2D eigenvalue weighted by atomic mass is 9.91. The van der Waals surface area contributed by atoms with Crippen molar-refractivity contribution in [1.29, 1.82) is 0 Å². The third-order valence-electron chi connectivity index (χ3n) is 7.29. The molecule has 1 fully saturated rings. The topological polar surface area (TPSA) is 63.7 Å². The molecule has 1 heterocycles. The normalized spacial score (nSPS) is 15.6. The summed E-state index contributed by atoms with van der Waals surface area (Å²) in [4.78, 5) is 13.4. The van der Waals surface area contributed by atoms with Crippen LogP contribution in [0.2, 0.25) is 5.02 Å². The van der Waals surface area contributed by atoms with E-state index in [1.54, 1.807) is 12.1 Å². The summed E-state index contributed by atoms with van der Waals surface area (Å²) in [5.41, 5.74) is 8.32. The van der Waals surface area contributed by atoms with Gasteiger partial charge in [-0.05, 0) is 78.3 Å². The third kappa shape index (κ3) is 6.73. The molecule has 38 heavy (non-hydrogen) atoms. The van der Waals surface area contributed by atoms with Crippen LogP contribution in [0.1, 0.15) is 44.6 Å². The summed E-state index contributed by atoms with van der Waals surface area (Å²) in [6.07, 6.45) is 6.02. The minimum absolute atomic E-state index is 0.264. The fourth-order valence-corrected chi connectivity index (χ4v) is 6.27. The SMILES string of the molecule is Cc1cc(OCc2cccc(-c3cccc(/C=C/CCN4CCS(=O)(=O)CC4)c3C)c2C)c(Cl)cc1C=O. The van der Waals surface area contributed by atoms with Crippen LogP contribution in [0.4, 0.5) is 0 Å². The van der Waals surface area contributed by atoms with Crippen LogP contribution in [0.3, 0.4) is 0 Å². The first-order chi connectivity index (χ1) is 18.2. The van der Waals surface area contributed by atoms with Gasteiger partial charge in [-0.3, -0.25) is 4.79 Å². The summed E-state index contributed by atoms with van der Waals surface area (Å²) in [6.45, 7) is 8.60. The van der Waals surface area contributed by atoms with Gasteiger partial charge in [0.25, 0.3) is 0 Å². The number of hydrogen-bond acceptors (Lipinski definition) is 5. The van der Waals surface area contributed by atoms with Crippen molar-refractivity contribution in [1.82, 2.24) is 4.90 Å². The number of ether oxygens (including phenoxy) is 1. The standard InChI is InChI=1S/C31H34ClNO4S/c1-22-18-31(30(32)19-27(22)20-34)37-21-26-10-7-12-29(24(26)3)28-11-6-9-25(23(28)2)8-4-5-13-33-14-16-38(35,36)17-15-33/h4,6-12,18-20H,5,13-17,21H2,1-3H3/b8-4+. The molecule has 0 aliphatic carbocycles. The van der Waals surface area contributed by atoms with Gasteiger partial charge in [-0.1, -0.05) is 60.2 Å². The monoisotopic (exact) mass is 551 g/mol. The molecule has 3 aromatic rings. The van der Waals surface area contributed by atoms with Crippen molar-refractivity contribution in [2.24, 2.45) is 0 Å². The first kappa shape index (κ1) is 28.1. The maximum atomic E-state index is 11.6. The zero-order chi connectivity index (χ0) is 27.3. The molecule has 0 aromatic heterocycles. The van der Waals surface area contributed by atoms with Crippen LogP contribution in [0.5, 0.6) is 5.75 Å². The lowest BCUT2D eigenvalue weighted by Crippen LogP contribution is -2.40. The Morgan fingerprint density at radius 1 is 0.947 bits per heavy atom. The van der Waals surface area contributed by atoms with Crippen LogP contribution in [-0.2, 0) is 16.4 Å². The van der Waals surface area contributed by atoms with Crippen LogP contribution >= 0.6 is 11.6 Å². The molecule has 200 valence electrons. The van der Waals surface area contributed by atoms with E-state index >= 15 is 0 Å².